The fraction of sp³-hybridized carbons (Fsp3) is 0.286. The van der Waals surface area contributed by atoms with Crippen molar-refractivity contribution in [3.8, 4) is 11.3 Å². The van der Waals surface area contributed by atoms with Crippen LogP contribution in [0.15, 0.2) is 48.5 Å². The Morgan fingerprint density at radius 3 is 2.27 bits per heavy atom. The Labute approximate surface area is 164 Å². The van der Waals surface area contributed by atoms with Crippen LogP contribution >= 0.6 is 23.2 Å². The van der Waals surface area contributed by atoms with E-state index < -0.39 is 6.10 Å². The summed E-state index contributed by atoms with van der Waals surface area (Å²) in [7, 11) is 0. The molecule has 1 unspecified atom stereocenters. The van der Waals surface area contributed by atoms with Crippen LogP contribution in [-0.4, -0.2) is 34.6 Å². The number of aromatic nitrogens is 1. The molecular formula is C21H22Cl2N2O. The number of aliphatic hydroxyl groups excluding tert-OH is 1. The quantitative estimate of drug-likeness (QED) is 0.598. The average Bonchev–Trinajstić information content (AvgIpc) is 2.65. The molecule has 0 fully saturated rings. The van der Waals surface area contributed by atoms with Crippen LogP contribution in [0.4, 0.5) is 0 Å². The van der Waals surface area contributed by atoms with Crippen molar-refractivity contribution in [2.75, 3.05) is 19.6 Å². The maximum atomic E-state index is 10.9. The molecule has 1 N–H and O–H groups in total. The third-order valence-electron chi connectivity index (χ3n) is 4.63. The summed E-state index contributed by atoms with van der Waals surface area (Å²) in [5.74, 6) is 0. The highest BCUT2D eigenvalue weighted by Gasteiger charge is 2.17. The minimum Gasteiger partial charge on any atom is -0.387 e. The lowest BCUT2D eigenvalue weighted by Crippen LogP contribution is -2.28. The Balaban J connectivity index is 2.11. The van der Waals surface area contributed by atoms with E-state index in [2.05, 4.69) is 18.7 Å². The van der Waals surface area contributed by atoms with Crippen molar-refractivity contribution < 1.29 is 5.11 Å². The Bertz CT molecular complexity index is 892. The lowest BCUT2D eigenvalue weighted by molar-refractivity contribution is 0.120. The predicted molar refractivity (Wildman–Crippen MR) is 110 cm³/mol. The van der Waals surface area contributed by atoms with E-state index in [0.717, 1.165) is 40.8 Å². The van der Waals surface area contributed by atoms with Crippen LogP contribution in [0, 0.1) is 0 Å². The molecule has 0 radical (unpaired) electrons. The van der Waals surface area contributed by atoms with Crippen LogP contribution in [0.5, 0.6) is 0 Å². The van der Waals surface area contributed by atoms with Gasteiger partial charge in [0.1, 0.15) is 0 Å². The molecule has 0 bridgehead atoms. The molecule has 3 rings (SSSR count). The van der Waals surface area contributed by atoms with Crippen molar-refractivity contribution in [2.45, 2.75) is 20.0 Å². The van der Waals surface area contributed by atoms with Gasteiger partial charge in [0.25, 0.3) is 0 Å². The van der Waals surface area contributed by atoms with Crippen molar-refractivity contribution in [3.63, 3.8) is 0 Å². The van der Waals surface area contributed by atoms with Crippen molar-refractivity contribution in [1.82, 2.24) is 9.88 Å². The van der Waals surface area contributed by atoms with Gasteiger partial charge in [0.15, 0.2) is 0 Å². The van der Waals surface area contributed by atoms with Crippen LogP contribution in [0.1, 0.15) is 25.5 Å². The van der Waals surface area contributed by atoms with Gasteiger partial charge in [0, 0.05) is 27.5 Å². The zero-order valence-corrected chi connectivity index (χ0v) is 16.4. The van der Waals surface area contributed by atoms with E-state index in [9.17, 15) is 5.11 Å². The van der Waals surface area contributed by atoms with Gasteiger partial charge in [0.2, 0.25) is 0 Å². The van der Waals surface area contributed by atoms with Gasteiger partial charge in [-0.2, -0.15) is 0 Å². The van der Waals surface area contributed by atoms with Crippen molar-refractivity contribution in [1.29, 1.82) is 0 Å². The van der Waals surface area contributed by atoms with Crippen LogP contribution in [0.2, 0.25) is 10.0 Å². The number of halogens is 2. The van der Waals surface area contributed by atoms with Crippen molar-refractivity contribution in [2.24, 2.45) is 0 Å². The van der Waals surface area contributed by atoms with E-state index >= 15 is 0 Å². The van der Waals surface area contributed by atoms with Crippen LogP contribution in [0.25, 0.3) is 22.2 Å². The fourth-order valence-corrected chi connectivity index (χ4v) is 3.39. The zero-order chi connectivity index (χ0) is 18.7. The Morgan fingerprint density at radius 1 is 0.962 bits per heavy atom. The molecule has 0 amide bonds. The van der Waals surface area contributed by atoms with Gasteiger partial charge in [-0.1, -0.05) is 49.2 Å². The molecule has 1 aromatic heterocycles. The molecule has 0 aliphatic heterocycles. The van der Waals surface area contributed by atoms with E-state index in [-0.39, 0.29) is 0 Å². The van der Waals surface area contributed by atoms with Crippen LogP contribution in [0.3, 0.4) is 0 Å². The molecule has 3 nitrogen and oxygen atoms in total. The highest BCUT2D eigenvalue weighted by molar-refractivity contribution is 6.31. The molecule has 3 aromatic rings. The molecule has 0 aliphatic rings. The highest BCUT2D eigenvalue weighted by atomic mass is 35.5. The lowest BCUT2D eigenvalue weighted by Gasteiger charge is -2.23. The number of aliphatic hydroxyl groups is 1. The number of hydrogen-bond donors (Lipinski definition) is 1. The smallest absolute Gasteiger partial charge is 0.0924 e. The molecule has 1 atom stereocenters. The van der Waals surface area contributed by atoms with Crippen LogP contribution < -0.4 is 0 Å². The molecule has 1 heterocycles. The number of nitrogens with zero attached hydrogens (tertiary/aromatic N) is 2. The number of fused-ring (bicyclic) bond motifs is 1. The first kappa shape index (κ1) is 19.1. The number of rotatable bonds is 6. The third kappa shape index (κ3) is 4.18. The molecule has 26 heavy (non-hydrogen) atoms. The fourth-order valence-electron chi connectivity index (χ4n) is 3.09. The molecular weight excluding hydrogens is 367 g/mol. The first-order chi connectivity index (χ1) is 12.5. The number of benzene rings is 2. The SMILES string of the molecule is CCN(CC)CC(O)c1cc(-c2ccc(Cl)cc2)nc2ccc(Cl)cc12. The maximum Gasteiger partial charge on any atom is 0.0924 e. The Hall–Kier alpha value is -1.65. The second kappa shape index (κ2) is 8.36. The van der Waals surface area contributed by atoms with Gasteiger partial charge in [-0.3, -0.25) is 0 Å². The molecule has 5 heteroatoms. The van der Waals surface area contributed by atoms with E-state index in [0.29, 0.717) is 16.6 Å². The summed E-state index contributed by atoms with van der Waals surface area (Å²) in [6.45, 7) is 6.54. The van der Waals surface area contributed by atoms with E-state index in [1.807, 2.05) is 48.5 Å². The van der Waals surface area contributed by atoms with Gasteiger partial charge in [-0.05, 0) is 55.1 Å². The molecule has 0 spiro atoms. The second-order valence-corrected chi connectivity index (χ2v) is 7.14. The third-order valence-corrected chi connectivity index (χ3v) is 5.11. The summed E-state index contributed by atoms with van der Waals surface area (Å²) < 4.78 is 0. The van der Waals surface area contributed by atoms with Crippen LogP contribution in [-0.2, 0) is 0 Å². The summed E-state index contributed by atoms with van der Waals surface area (Å²) >= 11 is 12.2. The van der Waals surface area contributed by atoms with Gasteiger partial charge in [0.05, 0.1) is 17.3 Å². The summed E-state index contributed by atoms with van der Waals surface area (Å²) in [5, 5.41) is 13.1. The molecule has 136 valence electrons. The molecule has 0 saturated carbocycles. The normalized spacial score (nSPS) is 12.7. The standard InChI is InChI=1S/C21H22Cl2N2O/c1-3-25(4-2)13-21(26)18-12-20(14-5-7-15(22)8-6-14)24-19-10-9-16(23)11-17(18)19/h5-12,21,26H,3-4,13H2,1-2H3. The molecule has 0 saturated heterocycles. The first-order valence-corrected chi connectivity index (χ1v) is 9.54. The minimum absolute atomic E-state index is 0.568. The van der Waals surface area contributed by atoms with E-state index in [4.69, 9.17) is 28.2 Å². The van der Waals surface area contributed by atoms with Crippen molar-refractivity contribution >= 4 is 34.1 Å². The minimum atomic E-state index is -0.620. The van der Waals surface area contributed by atoms with Gasteiger partial charge >= 0.3 is 0 Å². The predicted octanol–water partition coefficient (Wildman–Crippen LogP) is 5.58. The summed E-state index contributed by atoms with van der Waals surface area (Å²) in [6, 6.07) is 15.1. The zero-order valence-electron chi connectivity index (χ0n) is 14.9. The monoisotopic (exact) mass is 388 g/mol. The first-order valence-electron chi connectivity index (χ1n) is 8.78. The maximum absolute atomic E-state index is 10.9. The summed E-state index contributed by atoms with van der Waals surface area (Å²) in [6.07, 6.45) is -0.620. The van der Waals surface area contributed by atoms with Gasteiger partial charge in [-0.15, -0.1) is 0 Å². The molecule has 2 aromatic carbocycles. The molecule has 0 aliphatic carbocycles. The summed E-state index contributed by atoms with van der Waals surface area (Å²) in [4.78, 5) is 6.95. The number of hydrogen-bond acceptors (Lipinski definition) is 3. The average molecular weight is 389 g/mol. The largest absolute Gasteiger partial charge is 0.387 e. The van der Waals surface area contributed by atoms with E-state index in [1.54, 1.807) is 0 Å². The van der Waals surface area contributed by atoms with Gasteiger partial charge < -0.3 is 10.0 Å². The number of likely N-dealkylation sites (N-methyl/N-ethyl adjacent to an activating group) is 1. The van der Waals surface area contributed by atoms with Gasteiger partial charge in [-0.25, -0.2) is 4.98 Å². The lowest BCUT2D eigenvalue weighted by atomic mass is 10.00. The van der Waals surface area contributed by atoms with E-state index in [1.165, 1.54) is 0 Å². The summed E-state index contributed by atoms with van der Waals surface area (Å²) in [5.41, 5.74) is 3.43. The second-order valence-electron chi connectivity index (χ2n) is 6.27. The number of pyridine rings is 1. The topological polar surface area (TPSA) is 36.4 Å². The highest BCUT2D eigenvalue weighted by Crippen LogP contribution is 2.31. The van der Waals surface area contributed by atoms with Crippen molar-refractivity contribution in [3.05, 3.63) is 64.1 Å². The Morgan fingerprint density at radius 2 is 1.62 bits per heavy atom. The Kier molecular flexibility index (Phi) is 6.15.